The van der Waals surface area contributed by atoms with Gasteiger partial charge in [0.2, 0.25) is 0 Å². The van der Waals surface area contributed by atoms with Gasteiger partial charge in [0.05, 0.1) is 11.2 Å². The third-order valence-electron chi connectivity index (χ3n) is 4.33. The highest BCUT2D eigenvalue weighted by molar-refractivity contribution is 6.64. The first-order valence-electron chi connectivity index (χ1n) is 6.74. The molecule has 19 heavy (non-hydrogen) atoms. The molecule has 2 aliphatic carbocycles. The van der Waals surface area contributed by atoms with E-state index < -0.39 is 0 Å². The fourth-order valence-electron chi connectivity index (χ4n) is 2.41. The second kappa shape index (κ2) is 4.09. The second-order valence-corrected chi connectivity index (χ2v) is 6.16. The van der Waals surface area contributed by atoms with Crippen LogP contribution < -0.4 is 5.46 Å². The van der Waals surface area contributed by atoms with E-state index in [9.17, 15) is 0 Å². The Labute approximate surface area is 115 Å². The highest BCUT2D eigenvalue weighted by atomic mass is 16.7. The van der Waals surface area contributed by atoms with E-state index in [4.69, 9.17) is 9.31 Å². The van der Waals surface area contributed by atoms with E-state index in [1.54, 1.807) is 0 Å². The normalized spacial score (nSPS) is 20.9. The Morgan fingerprint density at radius 3 is 2.11 bits per heavy atom. The van der Waals surface area contributed by atoms with Crippen LogP contribution in [0.25, 0.3) is 11.1 Å². The predicted octanol–water partition coefficient (Wildman–Crippen LogP) is 3.09. The summed E-state index contributed by atoms with van der Waals surface area (Å²) in [6.07, 6.45) is 0. The lowest BCUT2D eigenvalue weighted by atomic mass is 9.78. The Bertz CT molecular complexity index is 561. The van der Waals surface area contributed by atoms with E-state index in [1.165, 1.54) is 11.1 Å². The first-order valence-corrected chi connectivity index (χ1v) is 6.74. The number of hydrogen-bond acceptors (Lipinski definition) is 2. The lowest BCUT2D eigenvalue weighted by Gasteiger charge is -2.32. The van der Waals surface area contributed by atoms with Crippen LogP contribution in [0, 0.1) is 0 Å². The summed E-state index contributed by atoms with van der Waals surface area (Å²) in [5, 5.41) is 0. The molecule has 3 heteroatoms. The molecule has 0 aromatic rings. The quantitative estimate of drug-likeness (QED) is 0.728. The van der Waals surface area contributed by atoms with Gasteiger partial charge in [-0.05, 0) is 44.3 Å². The highest BCUT2D eigenvalue weighted by Gasteiger charge is 2.52. The topological polar surface area (TPSA) is 18.5 Å². The number of rotatable bonds is 1. The molecule has 0 N–H and O–H groups in total. The first kappa shape index (κ1) is 12.7. The summed E-state index contributed by atoms with van der Waals surface area (Å²) in [5.74, 6) is 0. The molecule has 1 saturated heterocycles. The van der Waals surface area contributed by atoms with Crippen LogP contribution >= 0.6 is 0 Å². The molecule has 1 heterocycles. The Hall–Kier alpha value is -1.32. The molecule has 0 amide bonds. The lowest BCUT2D eigenvalue weighted by Crippen LogP contribution is -2.41. The molecular weight excluding hydrogens is 235 g/mol. The van der Waals surface area contributed by atoms with E-state index in [-0.39, 0.29) is 18.3 Å². The van der Waals surface area contributed by atoms with Gasteiger partial charge in [0.15, 0.2) is 0 Å². The maximum atomic E-state index is 6.12. The van der Waals surface area contributed by atoms with Crippen molar-refractivity contribution in [3.63, 3.8) is 0 Å². The van der Waals surface area contributed by atoms with Crippen molar-refractivity contribution in [1.29, 1.82) is 0 Å². The smallest absolute Gasteiger partial charge is 0.399 e. The lowest BCUT2D eigenvalue weighted by molar-refractivity contribution is 0.00578. The fourth-order valence-corrected chi connectivity index (χ4v) is 2.41. The maximum absolute atomic E-state index is 6.12. The summed E-state index contributed by atoms with van der Waals surface area (Å²) < 4.78 is 12.2. The van der Waals surface area contributed by atoms with Gasteiger partial charge in [0, 0.05) is 0 Å². The van der Waals surface area contributed by atoms with E-state index in [1.807, 2.05) is 6.07 Å². The highest BCUT2D eigenvalue weighted by Crippen LogP contribution is 2.37. The third kappa shape index (κ3) is 1.97. The first-order chi connectivity index (χ1) is 8.91. The molecule has 0 unspecified atom stereocenters. The molecule has 0 spiro atoms. The van der Waals surface area contributed by atoms with Crippen molar-refractivity contribution < 1.29 is 9.31 Å². The van der Waals surface area contributed by atoms with Gasteiger partial charge in [-0.3, -0.25) is 0 Å². The summed E-state index contributed by atoms with van der Waals surface area (Å²) in [6.45, 7) is 8.33. The largest absolute Gasteiger partial charge is 0.495 e. The Balaban J connectivity index is 2.01. The minimum atomic E-state index is -0.293. The summed E-state index contributed by atoms with van der Waals surface area (Å²) in [6, 6.07) is 14.6. The molecule has 0 atom stereocenters. The predicted molar refractivity (Wildman–Crippen MR) is 78.8 cm³/mol. The van der Waals surface area contributed by atoms with Crippen LogP contribution in [-0.4, -0.2) is 18.3 Å². The summed E-state index contributed by atoms with van der Waals surface area (Å²) in [4.78, 5) is 0. The fraction of sp³-hybridized carbons (Fsp3) is 0.375. The molecule has 0 saturated carbocycles. The minimum absolute atomic E-state index is 0.287. The van der Waals surface area contributed by atoms with Gasteiger partial charge in [-0.25, -0.2) is 0 Å². The average molecular weight is 254 g/mol. The van der Waals surface area contributed by atoms with Crippen molar-refractivity contribution in [1.82, 2.24) is 0 Å². The molecular formula is C16H19BO2. The van der Waals surface area contributed by atoms with Crippen LogP contribution in [0.2, 0.25) is 0 Å². The van der Waals surface area contributed by atoms with E-state index in [0.29, 0.717) is 0 Å². The molecule has 2 nitrogen and oxygen atoms in total. The molecule has 1 fully saturated rings. The van der Waals surface area contributed by atoms with Gasteiger partial charge in [-0.1, -0.05) is 42.5 Å². The van der Waals surface area contributed by atoms with Gasteiger partial charge in [-0.15, -0.1) is 0 Å². The second-order valence-electron chi connectivity index (χ2n) is 6.16. The standard InChI is InChI=1S/C16H19BO2/c1-15(2)16(3,4)19-17(18-15)14-11-10-12-8-6-5-7-9-13(12)14/h5-11H,1-4H3. The number of fused-ring (bicyclic) bond motifs is 1. The van der Waals surface area contributed by atoms with Crippen molar-refractivity contribution in [2.45, 2.75) is 38.9 Å². The van der Waals surface area contributed by atoms with Crippen molar-refractivity contribution in [2.75, 3.05) is 0 Å². The molecule has 0 aromatic carbocycles. The van der Waals surface area contributed by atoms with Gasteiger partial charge in [0.1, 0.15) is 0 Å². The van der Waals surface area contributed by atoms with Crippen molar-refractivity contribution in [2.24, 2.45) is 0 Å². The van der Waals surface area contributed by atoms with Crippen LogP contribution in [-0.2, 0) is 9.31 Å². The average Bonchev–Trinajstić information content (AvgIpc) is 2.68. The van der Waals surface area contributed by atoms with Crippen molar-refractivity contribution >= 4 is 12.6 Å². The molecule has 0 aromatic heterocycles. The third-order valence-corrected chi connectivity index (χ3v) is 4.33. The number of hydrogen-bond donors (Lipinski definition) is 0. The van der Waals surface area contributed by atoms with Gasteiger partial charge in [0.25, 0.3) is 0 Å². The molecule has 0 bridgehead atoms. The van der Waals surface area contributed by atoms with Crippen LogP contribution in [0.5, 0.6) is 0 Å². The maximum Gasteiger partial charge on any atom is 0.495 e. The molecule has 3 rings (SSSR count). The zero-order valence-electron chi connectivity index (χ0n) is 11.9. The summed E-state index contributed by atoms with van der Waals surface area (Å²) in [7, 11) is -0.287. The zero-order chi connectivity index (χ0) is 13.7. The monoisotopic (exact) mass is 254 g/mol. The zero-order valence-corrected chi connectivity index (χ0v) is 11.9. The van der Waals surface area contributed by atoms with Crippen LogP contribution in [0.4, 0.5) is 0 Å². The summed E-state index contributed by atoms with van der Waals surface area (Å²) >= 11 is 0. The van der Waals surface area contributed by atoms with E-state index >= 15 is 0 Å². The van der Waals surface area contributed by atoms with Gasteiger partial charge < -0.3 is 9.31 Å². The Morgan fingerprint density at radius 1 is 0.789 bits per heavy atom. The van der Waals surface area contributed by atoms with Crippen molar-refractivity contribution in [3.05, 3.63) is 42.5 Å². The molecule has 1 aliphatic heterocycles. The molecule has 0 radical (unpaired) electrons. The van der Waals surface area contributed by atoms with Crippen LogP contribution in [0.15, 0.2) is 42.5 Å². The Morgan fingerprint density at radius 2 is 1.42 bits per heavy atom. The van der Waals surface area contributed by atoms with Crippen molar-refractivity contribution in [3.8, 4) is 11.1 Å². The molecule has 98 valence electrons. The van der Waals surface area contributed by atoms with E-state index in [2.05, 4.69) is 64.1 Å². The Kier molecular flexibility index (Phi) is 2.73. The summed E-state index contributed by atoms with van der Waals surface area (Å²) in [5.41, 5.74) is 2.94. The molecule has 3 aliphatic rings. The van der Waals surface area contributed by atoms with Gasteiger partial charge in [-0.2, -0.15) is 0 Å². The van der Waals surface area contributed by atoms with Gasteiger partial charge >= 0.3 is 7.12 Å². The minimum Gasteiger partial charge on any atom is -0.399 e. The van der Waals surface area contributed by atoms with Crippen LogP contribution in [0.1, 0.15) is 27.7 Å². The van der Waals surface area contributed by atoms with E-state index in [0.717, 1.165) is 5.46 Å². The SMILES string of the molecule is CC1(C)OB(c2ccc3cccccc2-3)OC1(C)C. The van der Waals surface area contributed by atoms with Crippen LogP contribution in [0.3, 0.4) is 0 Å².